The van der Waals surface area contributed by atoms with E-state index in [-0.39, 0.29) is 12.5 Å². The van der Waals surface area contributed by atoms with Crippen LogP contribution in [0.4, 0.5) is 11.4 Å². The van der Waals surface area contributed by atoms with Crippen LogP contribution in [-0.2, 0) is 15.0 Å². The van der Waals surface area contributed by atoms with Crippen LogP contribution in [0.1, 0.15) is 11.1 Å². The molecule has 1 amide bonds. The summed E-state index contributed by atoms with van der Waals surface area (Å²) >= 11 is 0. The predicted octanol–water partition coefficient (Wildman–Crippen LogP) is 2.17. The first kappa shape index (κ1) is 22.7. The molecule has 0 aromatic heterocycles. The van der Waals surface area contributed by atoms with Gasteiger partial charge in [0, 0.05) is 39.9 Å². The minimum absolute atomic E-state index is 0.278. The fourth-order valence-corrected chi connectivity index (χ4v) is 3.96. The van der Waals surface area contributed by atoms with E-state index in [1.165, 1.54) is 14.1 Å². The average Bonchev–Trinajstić information content (AvgIpc) is 2.68. The number of anilines is 2. The molecule has 29 heavy (non-hydrogen) atoms. The fourth-order valence-electron chi connectivity index (χ4n) is 2.84. The van der Waals surface area contributed by atoms with Gasteiger partial charge in [-0.2, -0.15) is 12.7 Å². The third-order valence-electron chi connectivity index (χ3n) is 4.63. The van der Waals surface area contributed by atoms with Crippen molar-refractivity contribution in [3.05, 3.63) is 59.7 Å². The van der Waals surface area contributed by atoms with Crippen molar-refractivity contribution in [1.29, 1.82) is 0 Å². The molecule has 0 saturated carbocycles. The number of hydrogen-bond donors (Lipinski definition) is 1. The average molecular weight is 419 g/mol. The first-order chi connectivity index (χ1) is 13.6. The Labute approximate surface area is 174 Å². The third-order valence-corrected chi connectivity index (χ3v) is 6.43. The molecule has 0 spiro atoms. The highest BCUT2D eigenvalue weighted by atomic mass is 32.2. The summed E-state index contributed by atoms with van der Waals surface area (Å²) in [4.78, 5) is 14.6. The van der Waals surface area contributed by atoms with E-state index >= 15 is 0 Å². The molecule has 7 nitrogen and oxygen atoms in total. The Morgan fingerprint density at radius 2 is 1.66 bits per heavy atom. The molecule has 0 radical (unpaired) electrons. The van der Waals surface area contributed by atoms with Crippen LogP contribution in [0.5, 0.6) is 0 Å². The van der Waals surface area contributed by atoms with E-state index in [4.69, 9.17) is 0 Å². The molecule has 0 heterocycles. The van der Waals surface area contributed by atoms with Crippen molar-refractivity contribution in [2.75, 3.05) is 50.0 Å². The van der Waals surface area contributed by atoms with Crippen molar-refractivity contribution in [2.24, 2.45) is 0 Å². The van der Waals surface area contributed by atoms with E-state index in [2.05, 4.69) is 5.32 Å². The lowest BCUT2D eigenvalue weighted by atomic mass is 10.1. The Balaban J connectivity index is 2.09. The van der Waals surface area contributed by atoms with Crippen LogP contribution >= 0.6 is 0 Å². The number of carbonyl (C=O) groups is 1. The van der Waals surface area contributed by atoms with Crippen LogP contribution in [0, 0.1) is 13.8 Å². The van der Waals surface area contributed by atoms with E-state index in [1.807, 2.05) is 68.3 Å². The first-order valence-electron chi connectivity index (χ1n) is 9.43. The Morgan fingerprint density at radius 3 is 2.28 bits per heavy atom. The van der Waals surface area contributed by atoms with E-state index in [0.717, 1.165) is 25.4 Å². The molecule has 2 aromatic carbocycles. The van der Waals surface area contributed by atoms with Gasteiger partial charge in [-0.05, 0) is 43.2 Å². The highest BCUT2D eigenvalue weighted by Crippen LogP contribution is 2.25. The SMILES string of the molecule is Cc1ccc(C)c(N(CC(=O)NCCN(C)c2ccccc2)S(=O)(=O)N(C)C)c1. The summed E-state index contributed by atoms with van der Waals surface area (Å²) in [5.74, 6) is -0.349. The molecule has 0 aliphatic carbocycles. The number of aryl methyl sites for hydroxylation is 2. The summed E-state index contributed by atoms with van der Waals surface area (Å²) in [6.45, 7) is 4.47. The van der Waals surface area contributed by atoms with Crippen molar-refractivity contribution in [1.82, 2.24) is 9.62 Å². The maximum Gasteiger partial charge on any atom is 0.304 e. The van der Waals surface area contributed by atoms with Crippen LogP contribution < -0.4 is 14.5 Å². The molecule has 0 fully saturated rings. The van der Waals surface area contributed by atoms with Crippen LogP contribution in [0.2, 0.25) is 0 Å². The zero-order chi connectivity index (χ0) is 21.6. The monoisotopic (exact) mass is 418 g/mol. The van der Waals surface area contributed by atoms with Gasteiger partial charge in [0.05, 0.1) is 5.69 Å². The molecule has 158 valence electrons. The minimum atomic E-state index is -3.82. The van der Waals surface area contributed by atoms with Gasteiger partial charge in [-0.1, -0.05) is 30.3 Å². The molecule has 0 atom stereocenters. The van der Waals surface area contributed by atoms with Gasteiger partial charge < -0.3 is 10.2 Å². The topological polar surface area (TPSA) is 73.0 Å². The summed E-state index contributed by atoms with van der Waals surface area (Å²) in [6, 6.07) is 15.4. The van der Waals surface area contributed by atoms with Crippen molar-refractivity contribution < 1.29 is 13.2 Å². The van der Waals surface area contributed by atoms with E-state index in [9.17, 15) is 13.2 Å². The normalized spacial score (nSPS) is 11.4. The number of amides is 1. The fraction of sp³-hybridized carbons (Fsp3) is 0.381. The van der Waals surface area contributed by atoms with Crippen molar-refractivity contribution in [3.8, 4) is 0 Å². The Bertz CT molecular complexity index is 930. The van der Waals surface area contributed by atoms with Gasteiger partial charge >= 0.3 is 10.2 Å². The van der Waals surface area contributed by atoms with Gasteiger partial charge in [-0.25, -0.2) is 4.31 Å². The molecule has 0 saturated heterocycles. The zero-order valence-corrected chi connectivity index (χ0v) is 18.5. The third kappa shape index (κ3) is 5.95. The predicted molar refractivity (Wildman–Crippen MR) is 119 cm³/mol. The summed E-state index contributed by atoms with van der Waals surface area (Å²) in [6.07, 6.45) is 0. The molecule has 0 aliphatic heterocycles. The largest absolute Gasteiger partial charge is 0.373 e. The van der Waals surface area contributed by atoms with Crippen molar-refractivity contribution in [2.45, 2.75) is 13.8 Å². The van der Waals surface area contributed by atoms with Crippen molar-refractivity contribution >= 4 is 27.5 Å². The van der Waals surface area contributed by atoms with Crippen LogP contribution in [0.25, 0.3) is 0 Å². The summed E-state index contributed by atoms with van der Waals surface area (Å²) in [5.41, 5.74) is 3.27. The lowest BCUT2D eigenvalue weighted by molar-refractivity contribution is -0.119. The van der Waals surface area contributed by atoms with E-state index in [1.54, 1.807) is 6.07 Å². The van der Waals surface area contributed by atoms with Gasteiger partial charge in [-0.15, -0.1) is 0 Å². The molecular formula is C21H30N4O3S. The molecule has 2 aromatic rings. The number of nitrogens with zero attached hydrogens (tertiary/aromatic N) is 3. The molecule has 8 heteroatoms. The number of rotatable bonds is 9. The quantitative estimate of drug-likeness (QED) is 0.677. The molecule has 1 N–H and O–H groups in total. The second-order valence-corrected chi connectivity index (χ2v) is 9.26. The Hall–Kier alpha value is -2.58. The van der Waals surface area contributed by atoms with Gasteiger partial charge in [-0.3, -0.25) is 4.79 Å². The molecule has 2 rings (SSSR count). The summed E-state index contributed by atoms with van der Waals surface area (Å²) in [7, 11) is 1.05. The van der Waals surface area contributed by atoms with E-state index in [0.29, 0.717) is 18.8 Å². The summed E-state index contributed by atoms with van der Waals surface area (Å²) < 4.78 is 28.0. The number of nitrogens with one attached hydrogen (secondary N) is 1. The molecule has 0 bridgehead atoms. The smallest absolute Gasteiger partial charge is 0.304 e. The number of likely N-dealkylation sites (N-methyl/N-ethyl adjacent to an activating group) is 1. The van der Waals surface area contributed by atoms with Crippen LogP contribution in [-0.4, -0.2) is 59.4 Å². The maximum absolute atomic E-state index is 12.9. The number of para-hydroxylation sites is 1. The number of benzene rings is 2. The van der Waals surface area contributed by atoms with Crippen LogP contribution in [0.3, 0.4) is 0 Å². The lowest BCUT2D eigenvalue weighted by Gasteiger charge is -2.28. The van der Waals surface area contributed by atoms with Gasteiger partial charge in [0.2, 0.25) is 5.91 Å². The Morgan fingerprint density at radius 1 is 1.00 bits per heavy atom. The zero-order valence-electron chi connectivity index (χ0n) is 17.7. The Kier molecular flexibility index (Phi) is 7.64. The molecule has 0 unspecified atom stereocenters. The van der Waals surface area contributed by atoms with Gasteiger partial charge in [0.25, 0.3) is 0 Å². The van der Waals surface area contributed by atoms with Crippen LogP contribution in [0.15, 0.2) is 48.5 Å². The molecule has 0 aliphatic rings. The highest BCUT2D eigenvalue weighted by molar-refractivity contribution is 7.90. The highest BCUT2D eigenvalue weighted by Gasteiger charge is 2.28. The second kappa shape index (κ2) is 9.76. The first-order valence-corrected chi connectivity index (χ1v) is 10.8. The van der Waals surface area contributed by atoms with E-state index < -0.39 is 10.2 Å². The van der Waals surface area contributed by atoms with Gasteiger partial charge in [0.15, 0.2) is 0 Å². The standard InChI is InChI=1S/C21H30N4O3S/c1-17-11-12-18(2)20(15-17)25(29(27,28)23(3)4)16-21(26)22-13-14-24(5)19-9-7-6-8-10-19/h6-12,15H,13-14,16H2,1-5H3,(H,22,26). The maximum atomic E-state index is 12.9. The lowest BCUT2D eigenvalue weighted by Crippen LogP contribution is -2.47. The second-order valence-electron chi connectivity index (χ2n) is 7.19. The van der Waals surface area contributed by atoms with Gasteiger partial charge in [0.1, 0.15) is 6.54 Å². The molecular weight excluding hydrogens is 388 g/mol. The number of carbonyl (C=O) groups excluding carboxylic acids is 1. The summed E-state index contributed by atoms with van der Waals surface area (Å²) in [5, 5.41) is 2.82. The van der Waals surface area contributed by atoms with Crippen molar-refractivity contribution in [3.63, 3.8) is 0 Å². The minimum Gasteiger partial charge on any atom is -0.373 e. The number of hydrogen-bond acceptors (Lipinski definition) is 4.